The summed E-state index contributed by atoms with van der Waals surface area (Å²) < 4.78 is 5.12. The number of ether oxygens (including phenoxy) is 1. The topological polar surface area (TPSA) is 102 Å². The summed E-state index contributed by atoms with van der Waals surface area (Å²) in [4.78, 5) is 36.3. The molecule has 1 aliphatic heterocycles. The van der Waals surface area contributed by atoms with Crippen LogP contribution in [0.2, 0.25) is 0 Å². The molecule has 0 radical (unpaired) electrons. The minimum Gasteiger partial charge on any atom is -0.444 e. The van der Waals surface area contributed by atoms with Gasteiger partial charge in [-0.1, -0.05) is 0 Å². The highest BCUT2D eigenvalue weighted by molar-refractivity contribution is 7.99. The lowest BCUT2D eigenvalue weighted by atomic mass is 9.96. The van der Waals surface area contributed by atoms with Crippen LogP contribution in [0, 0.1) is 5.92 Å². The van der Waals surface area contributed by atoms with E-state index in [1.54, 1.807) is 25.7 Å². The molecule has 1 heterocycles. The largest absolute Gasteiger partial charge is 0.444 e. The molecule has 0 saturated carbocycles. The van der Waals surface area contributed by atoms with Crippen LogP contribution in [0.3, 0.4) is 0 Å². The number of nitrogens with two attached hydrogens (primary N) is 1. The van der Waals surface area contributed by atoms with E-state index in [0.717, 1.165) is 0 Å². The molecule has 0 aromatic heterocycles. The molecule has 0 aliphatic carbocycles. The third-order valence-electron chi connectivity index (χ3n) is 3.39. The van der Waals surface area contributed by atoms with E-state index in [4.69, 9.17) is 10.5 Å². The van der Waals surface area contributed by atoms with E-state index in [1.807, 2.05) is 0 Å². The zero-order chi connectivity index (χ0) is 17.5. The molecule has 7 nitrogen and oxygen atoms in total. The van der Waals surface area contributed by atoms with E-state index in [-0.39, 0.29) is 17.7 Å². The van der Waals surface area contributed by atoms with E-state index in [0.29, 0.717) is 44.0 Å². The van der Waals surface area contributed by atoms with Crippen LogP contribution in [0.15, 0.2) is 0 Å². The first-order valence-electron chi connectivity index (χ1n) is 7.80. The lowest BCUT2D eigenvalue weighted by molar-refractivity contribution is -0.132. The van der Waals surface area contributed by atoms with Crippen molar-refractivity contribution in [1.29, 1.82) is 0 Å². The Hall–Kier alpha value is -1.44. The molecule has 1 rings (SSSR count). The van der Waals surface area contributed by atoms with Crippen LogP contribution in [0.1, 0.15) is 33.6 Å². The van der Waals surface area contributed by atoms with Crippen LogP contribution in [0.4, 0.5) is 4.79 Å². The van der Waals surface area contributed by atoms with Gasteiger partial charge in [-0.15, -0.1) is 0 Å². The maximum Gasteiger partial charge on any atom is 0.407 e. The fourth-order valence-corrected chi connectivity index (χ4v) is 2.95. The number of hydrogen-bond acceptors (Lipinski definition) is 5. The standard InChI is InChI=1S/C15H27N3O4S/c1-15(2,3)22-14(21)17-6-9-23-10-12(19)18-7-4-11(5-8-18)13(16)20/h11H,4-10H2,1-3H3,(H2,16,20)(H,17,21). The molecular weight excluding hydrogens is 318 g/mol. The van der Waals surface area contributed by atoms with E-state index < -0.39 is 11.7 Å². The van der Waals surface area contributed by atoms with Gasteiger partial charge in [0, 0.05) is 31.3 Å². The van der Waals surface area contributed by atoms with Gasteiger partial charge in [-0.05, 0) is 33.6 Å². The number of rotatable bonds is 6. The first-order valence-corrected chi connectivity index (χ1v) is 8.96. The number of carbonyl (C=O) groups excluding carboxylic acids is 3. The summed E-state index contributed by atoms with van der Waals surface area (Å²) in [5, 5.41) is 2.65. The summed E-state index contributed by atoms with van der Waals surface area (Å²) in [6.07, 6.45) is 0.843. The molecular formula is C15H27N3O4S. The first-order chi connectivity index (χ1) is 10.7. The van der Waals surface area contributed by atoms with Crippen molar-refractivity contribution >= 4 is 29.7 Å². The number of likely N-dealkylation sites (tertiary alicyclic amines) is 1. The second kappa shape index (κ2) is 9.00. The molecule has 1 fully saturated rings. The van der Waals surface area contributed by atoms with E-state index >= 15 is 0 Å². The zero-order valence-corrected chi connectivity index (χ0v) is 14.9. The van der Waals surface area contributed by atoms with Crippen LogP contribution >= 0.6 is 11.8 Å². The van der Waals surface area contributed by atoms with Crippen molar-refractivity contribution in [3.63, 3.8) is 0 Å². The van der Waals surface area contributed by atoms with Crippen LogP contribution in [0.5, 0.6) is 0 Å². The maximum atomic E-state index is 12.0. The number of carbonyl (C=O) groups is 3. The number of nitrogens with one attached hydrogen (secondary N) is 1. The van der Waals surface area contributed by atoms with Crippen LogP contribution in [-0.2, 0) is 14.3 Å². The van der Waals surface area contributed by atoms with Gasteiger partial charge in [-0.3, -0.25) is 9.59 Å². The van der Waals surface area contributed by atoms with Crippen LogP contribution < -0.4 is 11.1 Å². The third-order valence-corrected chi connectivity index (χ3v) is 4.33. The van der Waals surface area contributed by atoms with E-state index in [9.17, 15) is 14.4 Å². The number of amides is 3. The van der Waals surface area contributed by atoms with Crippen molar-refractivity contribution in [2.24, 2.45) is 11.7 Å². The highest BCUT2D eigenvalue weighted by Crippen LogP contribution is 2.17. The number of nitrogens with zero attached hydrogens (tertiary/aromatic N) is 1. The molecule has 23 heavy (non-hydrogen) atoms. The third kappa shape index (κ3) is 8.11. The van der Waals surface area contributed by atoms with Gasteiger partial charge in [0.05, 0.1) is 5.75 Å². The molecule has 1 aliphatic rings. The van der Waals surface area contributed by atoms with Crippen molar-refractivity contribution in [3.8, 4) is 0 Å². The summed E-state index contributed by atoms with van der Waals surface area (Å²) in [5.74, 6) is 0.694. The van der Waals surface area contributed by atoms with Crippen LogP contribution in [0.25, 0.3) is 0 Å². The molecule has 8 heteroatoms. The molecule has 3 amide bonds. The summed E-state index contributed by atoms with van der Waals surface area (Å²) in [5.41, 5.74) is 4.76. The molecule has 0 spiro atoms. The minimum atomic E-state index is -0.510. The fraction of sp³-hybridized carbons (Fsp3) is 0.800. The number of hydrogen-bond donors (Lipinski definition) is 2. The molecule has 0 atom stereocenters. The molecule has 1 saturated heterocycles. The van der Waals surface area contributed by atoms with Crippen molar-refractivity contribution in [3.05, 3.63) is 0 Å². The predicted molar refractivity (Wildman–Crippen MR) is 90.1 cm³/mol. The Morgan fingerprint density at radius 1 is 1.26 bits per heavy atom. The molecule has 0 unspecified atom stereocenters. The summed E-state index contributed by atoms with van der Waals surface area (Å²) in [7, 11) is 0. The highest BCUT2D eigenvalue weighted by atomic mass is 32.2. The van der Waals surface area contributed by atoms with Crippen LogP contribution in [-0.4, -0.2) is 59.5 Å². The highest BCUT2D eigenvalue weighted by Gasteiger charge is 2.25. The Bertz CT molecular complexity index is 429. The number of alkyl carbamates (subject to hydrolysis) is 1. The van der Waals surface area contributed by atoms with E-state index in [2.05, 4.69) is 5.32 Å². The second-order valence-electron chi connectivity index (χ2n) is 6.54. The Balaban J connectivity index is 2.11. The Kier molecular flexibility index (Phi) is 7.67. The molecule has 0 aromatic carbocycles. The summed E-state index contributed by atoms with van der Waals surface area (Å²) >= 11 is 1.47. The Labute approximate surface area is 141 Å². The number of primary amides is 1. The lowest BCUT2D eigenvalue weighted by Crippen LogP contribution is -2.42. The quantitative estimate of drug-likeness (QED) is 0.698. The average Bonchev–Trinajstić information content (AvgIpc) is 2.45. The van der Waals surface area contributed by atoms with Crippen molar-refractivity contribution in [1.82, 2.24) is 10.2 Å². The van der Waals surface area contributed by atoms with Gasteiger partial charge in [-0.2, -0.15) is 11.8 Å². The zero-order valence-electron chi connectivity index (χ0n) is 14.1. The van der Waals surface area contributed by atoms with Crippen molar-refractivity contribution in [2.75, 3.05) is 31.1 Å². The first kappa shape index (κ1) is 19.6. The average molecular weight is 345 g/mol. The van der Waals surface area contributed by atoms with Crippen molar-refractivity contribution < 1.29 is 19.1 Å². The fourth-order valence-electron chi connectivity index (χ4n) is 2.20. The number of thioether (sulfide) groups is 1. The SMILES string of the molecule is CC(C)(C)OC(=O)NCCSCC(=O)N1CCC(C(N)=O)CC1. The van der Waals surface area contributed by atoms with Gasteiger partial charge < -0.3 is 20.7 Å². The van der Waals surface area contributed by atoms with Gasteiger partial charge >= 0.3 is 6.09 Å². The monoisotopic (exact) mass is 345 g/mol. The maximum absolute atomic E-state index is 12.0. The molecule has 3 N–H and O–H groups in total. The lowest BCUT2D eigenvalue weighted by Gasteiger charge is -2.30. The Morgan fingerprint density at radius 2 is 1.87 bits per heavy atom. The smallest absolute Gasteiger partial charge is 0.407 e. The molecule has 132 valence electrons. The van der Waals surface area contributed by atoms with Gasteiger partial charge in [-0.25, -0.2) is 4.79 Å². The van der Waals surface area contributed by atoms with E-state index in [1.165, 1.54) is 11.8 Å². The Morgan fingerprint density at radius 3 is 2.39 bits per heavy atom. The normalized spacial score (nSPS) is 16.0. The summed E-state index contributed by atoms with van der Waals surface area (Å²) in [6.45, 7) is 7.05. The summed E-state index contributed by atoms with van der Waals surface area (Å²) in [6, 6.07) is 0. The molecule has 0 aromatic rings. The minimum absolute atomic E-state index is 0.0650. The second-order valence-corrected chi connectivity index (χ2v) is 7.64. The number of piperidine rings is 1. The van der Waals surface area contributed by atoms with Gasteiger partial charge in [0.25, 0.3) is 0 Å². The van der Waals surface area contributed by atoms with Crippen molar-refractivity contribution in [2.45, 2.75) is 39.2 Å². The molecule has 0 bridgehead atoms. The van der Waals surface area contributed by atoms with Gasteiger partial charge in [0.15, 0.2) is 0 Å². The van der Waals surface area contributed by atoms with Gasteiger partial charge in [0.2, 0.25) is 11.8 Å². The predicted octanol–water partition coefficient (Wildman–Crippen LogP) is 0.968. The van der Waals surface area contributed by atoms with Gasteiger partial charge in [0.1, 0.15) is 5.60 Å².